The minimum atomic E-state index is -0.344. The van der Waals surface area contributed by atoms with Gasteiger partial charge in [0.15, 0.2) is 0 Å². The fourth-order valence-corrected chi connectivity index (χ4v) is 3.17. The van der Waals surface area contributed by atoms with Crippen molar-refractivity contribution in [2.75, 3.05) is 18.1 Å². The lowest BCUT2D eigenvalue weighted by atomic mass is 10.1. The number of carbonyl (C=O) groups is 1. The number of anilines is 1. The largest absolute Gasteiger partial charge is 0.381 e. The van der Waals surface area contributed by atoms with Crippen LogP contribution in [0.4, 0.5) is 10.1 Å². The summed E-state index contributed by atoms with van der Waals surface area (Å²) in [6, 6.07) is 8.16. The number of hydrogen-bond acceptors (Lipinski definition) is 3. The zero-order valence-corrected chi connectivity index (χ0v) is 14.0. The van der Waals surface area contributed by atoms with Crippen LogP contribution in [-0.2, 0) is 16.1 Å². The monoisotopic (exact) mass is 331 g/mol. The van der Waals surface area contributed by atoms with Crippen LogP contribution < -0.4 is 4.90 Å². The summed E-state index contributed by atoms with van der Waals surface area (Å²) in [5.41, 5.74) is 2.41. The van der Waals surface area contributed by atoms with E-state index in [-0.39, 0.29) is 24.3 Å². The van der Waals surface area contributed by atoms with Crippen LogP contribution in [0.3, 0.4) is 0 Å². The van der Waals surface area contributed by atoms with Gasteiger partial charge in [-0.05, 0) is 51.0 Å². The molecule has 1 aromatic carbocycles. The molecule has 3 rings (SSSR count). The fraction of sp³-hybridized carbons (Fsp3) is 0.444. The molecule has 2 aromatic rings. The van der Waals surface area contributed by atoms with Crippen molar-refractivity contribution in [1.82, 2.24) is 9.78 Å². The minimum absolute atomic E-state index is 0.0185. The van der Waals surface area contributed by atoms with Crippen LogP contribution in [0, 0.1) is 19.7 Å². The van der Waals surface area contributed by atoms with Crippen molar-refractivity contribution >= 4 is 11.6 Å². The van der Waals surface area contributed by atoms with Gasteiger partial charge in [-0.2, -0.15) is 5.10 Å². The Bertz CT molecular complexity index is 723. The van der Waals surface area contributed by atoms with Crippen LogP contribution in [0.1, 0.15) is 24.2 Å². The highest BCUT2D eigenvalue weighted by Gasteiger charge is 2.28. The lowest BCUT2D eigenvalue weighted by Crippen LogP contribution is -2.45. The fourth-order valence-electron chi connectivity index (χ4n) is 3.17. The predicted octanol–water partition coefficient (Wildman–Crippen LogP) is 2.85. The van der Waals surface area contributed by atoms with Gasteiger partial charge in [-0.1, -0.05) is 6.07 Å². The molecule has 0 radical (unpaired) electrons. The molecule has 1 amide bonds. The number of nitrogens with zero attached hydrogens (tertiary/aromatic N) is 3. The van der Waals surface area contributed by atoms with Gasteiger partial charge in [-0.15, -0.1) is 0 Å². The van der Waals surface area contributed by atoms with Crippen molar-refractivity contribution in [3.8, 4) is 0 Å². The first kappa shape index (κ1) is 16.6. The van der Waals surface area contributed by atoms with Gasteiger partial charge in [0, 0.05) is 30.6 Å². The van der Waals surface area contributed by atoms with Gasteiger partial charge in [-0.3, -0.25) is 9.48 Å². The third-order valence-corrected chi connectivity index (χ3v) is 4.30. The summed E-state index contributed by atoms with van der Waals surface area (Å²) in [7, 11) is 0. The molecule has 0 atom stereocenters. The van der Waals surface area contributed by atoms with Gasteiger partial charge < -0.3 is 9.64 Å². The molecule has 0 aliphatic carbocycles. The SMILES string of the molecule is Cc1cc(C)n(CC(=O)N(c2cccc(F)c2)C2CCOCC2)n1. The Morgan fingerprint density at radius 3 is 2.71 bits per heavy atom. The van der Waals surface area contributed by atoms with Crippen LogP contribution in [0.2, 0.25) is 0 Å². The Balaban J connectivity index is 1.88. The first-order valence-corrected chi connectivity index (χ1v) is 8.21. The van der Waals surface area contributed by atoms with E-state index in [9.17, 15) is 9.18 Å². The summed E-state index contributed by atoms with van der Waals surface area (Å²) >= 11 is 0. The number of carbonyl (C=O) groups excluding carboxylic acids is 1. The molecule has 0 unspecified atom stereocenters. The summed E-state index contributed by atoms with van der Waals surface area (Å²) in [5, 5.41) is 4.36. The molecular weight excluding hydrogens is 309 g/mol. The van der Waals surface area contributed by atoms with Gasteiger partial charge in [0.25, 0.3) is 0 Å². The van der Waals surface area contributed by atoms with E-state index in [0.29, 0.717) is 18.9 Å². The van der Waals surface area contributed by atoms with Crippen LogP contribution in [-0.4, -0.2) is 34.9 Å². The van der Waals surface area contributed by atoms with E-state index < -0.39 is 0 Å². The van der Waals surface area contributed by atoms with E-state index in [1.807, 2.05) is 19.9 Å². The molecular formula is C18H22FN3O2. The molecule has 0 saturated carbocycles. The smallest absolute Gasteiger partial charge is 0.248 e. The first-order valence-electron chi connectivity index (χ1n) is 8.21. The highest BCUT2D eigenvalue weighted by Crippen LogP contribution is 2.24. The van der Waals surface area contributed by atoms with Crippen molar-refractivity contribution in [2.24, 2.45) is 0 Å². The molecule has 1 fully saturated rings. The van der Waals surface area contributed by atoms with Gasteiger partial charge in [0.2, 0.25) is 5.91 Å². The number of ether oxygens (including phenoxy) is 1. The normalized spacial score (nSPS) is 15.5. The first-order chi connectivity index (χ1) is 11.5. The number of benzene rings is 1. The number of hydrogen-bond donors (Lipinski definition) is 0. The molecule has 1 saturated heterocycles. The van der Waals surface area contributed by atoms with Crippen LogP contribution in [0.15, 0.2) is 30.3 Å². The van der Waals surface area contributed by atoms with Crippen molar-refractivity contribution in [2.45, 2.75) is 39.3 Å². The van der Waals surface area contributed by atoms with Crippen LogP contribution >= 0.6 is 0 Å². The number of aromatic nitrogens is 2. The predicted molar refractivity (Wildman–Crippen MR) is 89.4 cm³/mol. The maximum Gasteiger partial charge on any atom is 0.248 e. The molecule has 2 heterocycles. The summed E-state index contributed by atoms with van der Waals surface area (Å²) in [5.74, 6) is -0.429. The average molecular weight is 331 g/mol. The molecule has 0 bridgehead atoms. The molecule has 1 aliphatic heterocycles. The maximum atomic E-state index is 13.7. The third kappa shape index (κ3) is 3.64. The summed E-state index contributed by atoms with van der Waals surface area (Å²) in [6.45, 7) is 5.20. The molecule has 0 N–H and O–H groups in total. The summed E-state index contributed by atoms with van der Waals surface area (Å²) in [4.78, 5) is 14.7. The van der Waals surface area contributed by atoms with Crippen molar-refractivity contribution in [3.05, 3.63) is 47.5 Å². The molecule has 0 spiro atoms. The van der Waals surface area contributed by atoms with Gasteiger partial charge in [-0.25, -0.2) is 4.39 Å². The van der Waals surface area contributed by atoms with E-state index in [2.05, 4.69) is 5.10 Å². The lowest BCUT2D eigenvalue weighted by Gasteiger charge is -2.34. The lowest BCUT2D eigenvalue weighted by molar-refractivity contribution is -0.120. The van der Waals surface area contributed by atoms with E-state index in [4.69, 9.17) is 4.74 Å². The molecule has 24 heavy (non-hydrogen) atoms. The quantitative estimate of drug-likeness (QED) is 0.865. The molecule has 1 aromatic heterocycles. The highest BCUT2D eigenvalue weighted by molar-refractivity contribution is 5.93. The summed E-state index contributed by atoms with van der Waals surface area (Å²) in [6.07, 6.45) is 1.50. The second-order valence-electron chi connectivity index (χ2n) is 6.17. The maximum absolute atomic E-state index is 13.7. The Morgan fingerprint density at radius 2 is 2.08 bits per heavy atom. The van der Waals surface area contributed by atoms with Gasteiger partial charge >= 0.3 is 0 Å². The van der Waals surface area contributed by atoms with E-state index >= 15 is 0 Å². The zero-order chi connectivity index (χ0) is 17.1. The van der Waals surface area contributed by atoms with Crippen molar-refractivity contribution < 1.29 is 13.9 Å². The van der Waals surface area contributed by atoms with Crippen LogP contribution in [0.25, 0.3) is 0 Å². The standard InChI is InChI=1S/C18H22FN3O2/c1-13-10-14(2)21(20-13)12-18(23)22(16-6-8-24-9-7-16)17-5-3-4-15(19)11-17/h3-5,10-11,16H,6-9,12H2,1-2H3. The average Bonchev–Trinajstić information content (AvgIpc) is 2.86. The van der Waals surface area contributed by atoms with Crippen LogP contribution in [0.5, 0.6) is 0 Å². The Hall–Kier alpha value is -2.21. The highest BCUT2D eigenvalue weighted by atomic mass is 19.1. The van der Waals surface area contributed by atoms with Crippen molar-refractivity contribution in [1.29, 1.82) is 0 Å². The topological polar surface area (TPSA) is 47.4 Å². The number of halogens is 1. The van der Waals surface area contributed by atoms with Gasteiger partial charge in [0.05, 0.1) is 5.69 Å². The number of aryl methyl sites for hydroxylation is 2. The summed E-state index contributed by atoms with van der Waals surface area (Å²) < 4.78 is 20.8. The molecule has 128 valence electrons. The van der Waals surface area contributed by atoms with E-state index in [1.165, 1.54) is 12.1 Å². The second kappa shape index (κ2) is 7.13. The Kier molecular flexibility index (Phi) is 4.94. The van der Waals surface area contributed by atoms with Gasteiger partial charge in [0.1, 0.15) is 12.4 Å². The second-order valence-corrected chi connectivity index (χ2v) is 6.17. The number of rotatable bonds is 4. The molecule has 1 aliphatic rings. The minimum Gasteiger partial charge on any atom is -0.381 e. The molecule has 6 heteroatoms. The zero-order valence-electron chi connectivity index (χ0n) is 14.0. The van der Waals surface area contributed by atoms with E-state index in [0.717, 1.165) is 24.2 Å². The van der Waals surface area contributed by atoms with Crippen molar-refractivity contribution in [3.63, 3.8) is 0 Å². The Labute approximate surface area is 141 Å². The molecule has 5 nitrogen and oxygen atoms in total. The number of amides is 1. The third-order valence-electron chi connectivity index (χ3n) is 4.30. The Morgan fingerprint density at radius 1 is 1.33 bits per heavy atom. The van der Waals surface area contributed by atoms with E-state index in [1.54, 1.807) is 21.7 Å².